The fraction of sp³-hybridized carbons (Fsp3) is 0.588. The number of fused-ring (bicyclic) bond motifs is 1. The first kappa shape index (κ1) is 19.2. The van der Waals surface area contributed by atoms with Crippen LogP contribution in [-0.4, -0.2) is 42.6 Å². The van der Waals surface area contributed by atoms with Gasteiger partial charge in [0.15, 0.2) is 0 Å². The standard InChI is InChI=1S/C17H24N2O5S/c1-4-7-13(20)18-15-14(16(21)23-5-2)11-8-9-19(10-12(11)25-15)17(22)24-6-3/h4-10H2,1-3H3,(H,18,20). The molecule has 0 aromatic carbocycles. The molecule has 7 nitrogen and oxygen atoms in total. The monoisotopic (exact) mass is 368 g/mol. The van der Waals surface area contributed by atoms with Crippen molar-refractivity contribution in [2.75, 3.05) is 25.1 Å². The van der Waals surface area contributed by atoms with E-state index in [-0.39, 0.29) is 18.6 Å². The Morgan fingerprint density at radius 1 is 1.16 bits per heavy atom. The molecule has 0 saturated carbocycles. The van der Waals surface area contributed by atoms with E-state index in [9.17, 15) is 14.4 Å². The van der Waals surface area contributed by atoms with Crippen molar-refractivity contribution in [1.82, 2.24) is 4.90 Å². The van der Waals surface area contributed by atoms with Crippen LogP contribution < -0.4 is 5.32 Å². The summed E-state index contributed by atoms with van der Waals surface area (Å²) in [6.07, 6.45) is 1.28. The van der Waals surface area contributed by atoms with Crippen LogP contribution in [0.1, 0.15) is 54.4 Å². The number of carbonyl (C=O) groups is 3. The predicted molar refractivity (Wildman–Crippen MR) is 94.9 cm³/mol. The second-order valence-electron chi connectivity index (χ2n) is 5.60. The smallest absolute Gasteiger partial charge is 0.410 e. The zero-order valence-corrected chi connectivity index (χ0v) is 15.7. The molecule has 0 radical (unpaired) electrons. The van der Waals surface area contributed by atoms with Gasteiger partial charge in [0, 0.05) is 17.8 Å². The third kappa shape index (κ3) is 4.50. The van der Waals surface area contributed by atoms with E-state index in [2.05, 4.69) is 5.32 Å². The number of amides is 2. The van der Waals surface area contributed by atoms with Gasteiger partial charge in [0.25, 0.3) is 0 Å². The van der Waals surface area contributed by atoms with Gasteiger partial charge < -0.3 is 19.7 Å². The molecule has 1 aromatic rings. The van der Waals surface area contributed by atoms with Crippen molar-refractivity contribution in [2.24, 2.45) is 0 Å². The summed E-state index contributed by atoms with van der Waals surface area (Å²) in [6, 6.07) is 0. The van der Waals surface area contributed by atoms with Crippen LogP contribution >= 0.6 is 11.3 Å². The van der Waals surface area contributed by atoms with Gasteiger partial charge in [-0.25, -0.2) is 9.59 Å². The molecule has 1 N–H and O–H groups in total. The molecule has 138 valence electrons. The zero-order chi connectivity index (χ0) is 18.4. The Morgan fingerprint density at radius 2 is 1.88 bits per heavy atom. The van der Waals surface area contributed by atoms with E-state index in [0.29, 0.717) is 43.1 Å². The van der Waals surface area contributed by atoms with Gasteiger partial charge >= 0.3 is 12.1 Å². The minimum absolute atomic E-state index is 0.131. The number of nitrogens with one attached hydrogen (secondary N) is 1. The lowest BCUT2D eigenvalue weighted by molar-refractivity contribution is -0.116. The van der Waals surface area contributed by atoms with Crippen molar-refractivity contribution in [3.05, 3.63) is 16.0 Å². The Morgan fingerprint density at radius 3 is 2.52 bits per heavy atom. The molecule has 0 fully saturated rings. The third-order valence-electron chi connectivity index (χ3n) is 3.79. The van der Waals surface area contributed by atoms with Gasteiger partial charge in [0.05, 0.1) is 25.3 Å². The first-order chi connectivity index (χ1) is 12.0. The maximum absolute atomic E-state index is 12.4. The molecular weight excluding hydrogens is 344 g/mol. The van der Waals surface area contributed by atoms with E-state index < -0.39 is 5.97 Å². The van der Waals surface area contributed by atoms with E-state index in [4.69, 9.17) is 9.47 Å². The summed E-state index contributed by atoms with van der Waals surface area (Å²) in [5, 5.41) is 3.33. The zero-order valence-electron chi connectivity index (χ0n) is 14.8. The van der Waals surface area contributed by atoms with E-state index in [1.54, 1.807) is 18.7 Å². The summed E-state index contributed by atoms with van der Waals surface area (Å²) in [4.78, 5) is 38.8. The molecule has 1 aliphatic heterocycles. The van der Waals surface area contributed by atoms with E-state index in [1.165, 1.54) is 11.3 Å². The fourth-order valence-electron chi connectivity index (χ4n) is 2.70. The van der Waals surface area contributed by atoms with Crippen molar-refractivity contribution >= 4 is 34.3 Å². The molecule has 8 heteroatoms. The second kappa shape index (κ2) is 8.84. The maximum Gasteiger partial charge on any atom is 0.410 e. The molecule has 25 heavy (non-hydrogen) atoms. The normalized spacial score (nSPS) is 13.2. The Balaban J connectivity index is 2.30. The number of carbonyl (C=O) groups excluding carboxylic acids is 3. The van der Waals surface area contributed by atoms with Crippen molar-refractivity contribution in [2.45, 2.75) is 46.6 Å². The molecule has 0 aliphatic carbocycles. The third-order valence-corrected chi connectivity index (χ3v) is 4.92. The van der Waals surface area contributed by atoms with E-state index in [0.717, 1.165) is 16.9 Å². The number of esters is 1. The summed E-state index contributed by atoms with van der Waals surface area (Å²) in [7, 11) is 0. The maximum atomic E-state index is 12.4. The minimum Gasteiger partial charge on any atom is -0.462 e. The quantitative estimate of drug-likeness (QED) is 0.780. The van der Waals surface area contributed by atoms with Crippen LogP contribution in [0.4, 0.5) is 9.80 Å². The number of nitrogens with zero attached hydrogens (tertiary/aromatic N) is 1. The molecule has 2 heterocycles. The van der Waals surface area contributed by atoms with Crippen LogP contribution in [0.25, 0.3) is 0 Å². The van der Waals surface area contributed by atoms with Crippen LogP contribution in [0.15, 0.2) is 0 Å². The van der Waals surface area contributed by atoms with Gasteiger partial charge in [0.1, 0.15) is 5.00 Å². The van der Waals surface area contributed by atoms with E-state index >= 15 is 0 Å². The highest BCUT2D eigenvalue weighted by molar-refractivity contribution is 7.17. The van der Waals surface area contributed by atoms with Crippen LogP contribution in [0.3, 0.4) is 0 Å². The van der Waals surface area contributed by atoms with Gasteiger partial charge in [-0.05, 0) is 32.3 Å². The molecule has 0 spiro atoms. The van der Waals surface area contributed by atoms with Crippen molar-refractivity contribution < 1.29 is 23.9 Å². The Hall–Kier alpha value is -2.09. The number of thiophene rings is 1. The summed E-state index contributed by atoms with van der Waals surface area (Å²) < 4.78 is 10.2. The van der Waals surface area contributed by atoms with Gasteiger partial charge in [-0.1, -0.05) is 6.92 Å². The molecule has 1 aliphatic rings. The molecule has 2 amide bonds. The second-order valence-corrected chi connectivity index (χ2v) is 6.70. The van der Waals surface area contributed by atoms with Gasteiger partial charge in [-0.15, -0.1) is 11.3 Å². The lowest BCUT2D eigenvalue weighted by atomic mass is 10.0. The fourth-order valence-corrected chi connectivity index (χ4v) is 3.97. The lowest BCUT2D eigenvalue weighted by Crippen LogP contribution is -2.36. The van der Waals surface area contributed by atoms with Crippen molar-refractivity contribution in [1.29, 1.82) is 0 Å². The first-order valence-corrected chi connectivity index (χ1v) is 9.36. The average Bonchev–Trinajstić information content (AvgIpc) is 2.92. The Labute approximate surface area is 151 Å². The molecule has 0 bridgehead atoms. The highest BCUT2D eigenvalue weighted by Crippen LogP contribution is 2.38. The van der Waals surface area contributed by atoms with Gasteiger partial charge in [-0.3, -0.25) is 4.79 Å². The SMILES string of the molecule is CCCC(=O)Nc1sc2c(c1C(=O)OCC)CCN(C(=O)OCC)C2. The Bertz CT molecular complexity index is 656. The summed E-state index contributed by atoms with van der Waals surface area (Å²) >= 11 is 1.33. The number of anilines is 1. The summed E-state index contributed by atoms with van der Waals surface area (Å²) in [5.74, 6) is -0.565. The van der Waals surface area contributed by atoms with Crippen LogP contribution in [0.5, 0.6) is 0 Å². The predicted octanol–water partition coefficient (Wildman–Crippen LogP) is 3.18. The number of hydrogen-bond acceptors (Lipinski definition) is 6. The van der Waals surface area contributed by atoms with Crippen LogP contribution in [0, 0.1) is 0 Å². The number of hydrogen-bond donors (Lipinski definition) is 1. The molecule has 0 atom stereocenters. The van der Waals surface area contributed by atoms with Crippen LogP contribution in [-0.2, 0) is 27.2 Å². The summed E-state index contributed by atoms with van der Waals surface area (Å²) in [5.41, 5.74) is 1.28. The molecule has 0 saturated heterocycles. The topological polar surface area (TPSA) is 84.9 Å². The number of ether oxygens (including phenoxy) is 2. The largest absolute Gasteiger partial charge is 0.462 e. The highest BCUT2D eigenvalue weighted by Gasteiger charge is 2.31. The first-order valence-electron chi connectivity index (χ1n) is 8.54. The molecule has 0 unspecified atom stereocenters. The highest BCUT2D eigenvalue weighted by atomic mass is 32.1. The van der Waals surface area contributed by atoms with Crippen molar-refractivity contribution in [3.63, 3.8) is 0 Å². The minimum atomic E-state index is -0.434. The van der Waals surface area contributed by atoms with Crippen LogP contribution in [0.2, 0.25) is 0 Å². The average molecular weight is 368 g/mol. The van der Waals surface area contributed by atoms with Gasteiger partial charge in [-0.2, -0.15) is 0 Å². The summed E-state index contributed by atoms with van der Waals surface area (Å²) in [6.45, 7) is 6.85. The van der Waals surface area contributed by atoms with Crippen molar-refractivity contribution in [3.8, 4) is 0 Å². The number of rotatable bonds is 6. The van der Waals surface area contributed by atoms with E-state index in [1.807, 2.05) is 6.92 Å². The molecule has 2 rings (SSSR count). The van der Waals surface area contributed by atoms with Gasteiger partial charge in [0.2, 0.25) is 5.91 Å². The Kier molecular flexibility index (Phi) is 6.81. The molecule has 1 aromatic heterocycles. The lowest BCUT2D eigenvalue weighted by Gasteiger charge is -2.26. The molecular formula is C17H24N2O5S.